The first-order valence-electron chi connectivity index (χ1n) is 13.4. The molecule has 4 aromatic rings. The number of nitrogens with one attached hydrogen (secondary N) is 2. The van der Waals surface area contributed by atoms with Gasteiger partial charge in [-0.3, -0.25) is 14.4 Å². The highest BCUT2D eigenvalue weighted by Crippen LogP contribution is 2.24. The van der Waals surface area contributed by atoms with E-state index in [9.17, 15) is 13.2 Å². The van der Waals surface area contributed by atoms with E-state index >= 15 is 0 Å². The van der Waals surface area contributed by atoms with E-state index in [2.05, 4.69) is 61.2 Å². The van der Waals surface area contributed by atoms with E-state index in [1.54, 1.807) is 36.4 Å². The van der Waals surface area contributed by atoms with Crippen molar-refractivity contribution in [2.24, 2.45) is 5.92 Å². The number of hydrogen-bond acceptors (Lipinski definition) is 4. The summed E-state index contributed by atoms with van der Waals surface area (Å²) in [6.07, 6.45) is 3.56. The number of benzene rings is 4. The van der Waals surface area contributed by atoms with Gasteiger partial charge in [-0.15, -0.1) is 0 Å². The maximum atomic E-state index is 12.8. The van der Waals surface area contributed by atoms with Crippen LogP contribution in [0.3, 0.4) is 0 Å². The van der Waals surface area contributed by atoms with Crippen molar-refractivity contribution in [1.82, 2.24) is 4.90 Å². The van der Waals surface area contributed by atoms with Crippen molar-refractivity contribution in [3.8, 4) is 0 Å². The van der Waals surface area contributed by atoms with E-state index in [1.165, 1.54) is 36.1 Å². The van der Waals surface area contributed by atoms with Gasteiger partial charge in [-0.25, -0.2) is 8.42 Å². The van der Waals surface area contributed by atoms with Crippen LogP contribution in [0.2, 0.25) is 0 Å². The topological polar surface area (TPSA) is 78.5 Å². The van der Waals surface area contributed by atoms with Crippen LogP contribution in [-0.2, 0) is 23.0 Å². The SMILES string of the molecule is O=C(Nc1ccc(S(=O)(=O)Nc2ccc(Br)cc2)cc1)c1ccc(CN2CCC(Cc3ccccc3)CC2)cc1. The number of sulfonamides is 1. The number of nitrogens with zero attached hydrogens (tertiary/aromatic N) is 1. The maximum Gasteiger partial charge on any atom is 0.261 e. The van der Waals surface area contributed by atoms with Crippen LogP contribution in [0, 0.1) is 5.92 Å². The minimum absolute atomic E-state index is 0.113. The van der Waals surface area contributed by atoms with Gasteiger partial charge in [0.25, 0.3) is 15.9 Å². The van der Waals surface area contributed by atoms with Crippen LogP contribution >= 0.6 is 15.9 Å². The lowest BCUT2D eigenvalue weighted by molar-refractivity contribution is 0.102. The lowest BCUT2D eigenvalue weighted by Gasteiger charge is -2.32. The van der Waals surface area contributed by atoms with Crippen LogP contribution in [-0.4, -0.2) is 32.3 Å². The van der Waals surface area contributed by atoms with Gasteiger partial charge in [0.1, 0.15) is 0 Å². The molecule has 1 amide bonds. The van der Waals surface area contributed by atoms with E-state index in [-0.39, 0.29) is 10.8 Å². The number of amides is 1. The predicted molar refractivity (Wildman–Crippen MR) is 164 cm³/mol. The van der Waals surface area contributed by atoms with Crippen LogP contribution in [0.5, 0.6) is 0 Å². The largest absolute Gasteiger partial charge is 0.322 e. The van der Waals surface area contributed by atoms with E-state index < -0.39 is 10.0 Å². The van der Waals surface area contributed by atoms with E-state index in [4.69, 9.17) is 0 Å². The minimum atomic E-state index is -3.74. The molecular weight excluding hydrogens is 586 g/mol. The molecule has 0 unspecified atom stereocenters. The summed E-state index contributed by atoms with van der Waals surface area (Å²) in [6.45, 7) is 3.05. The highest BCUT2D eigenvalue weighted by Gasteiger charge is 2.20. The van der Waals surface area contributed by atoms with Crippen molar-refractivity contribution in [3.05, 3.63) is 124 Å². The number of rotatable bonds is 9. The molecule has 1 heterocycles. The van der Waals surface area contributed by atoms with Crippen LogP contribution in [0.15, 0.2) is 112 Å². The molecule has 0 atom stereocenters. The molecule has 0 aliphatic carbocycles. The number of piperidine rings is 1. The first-order valence-corrected chi connectivity index (χ1v) is 15.7. The maximum absolute atomic E-state index is 12.8. The molecule has 5 rings (SSSR count). The van der Waals surface area contributed by atoms with Crippen LogP contribution < -0.4 is 10.0 Å². The van der Waals surface area contributed by atoms with E-state index in [0.29, 0.717) is 16.9 Å². The molecule has 1 saturated heterocycles. The summed E-state index contributed by atoms with van der Waals surface area (Å²) >= 11 is 3.33. The Morgan fingerprint density at radius 3 is 2.05 bits per heavy atom. The van der Waals surface area contributed by atoms with Crippen molar-refractivity contribution in [2.75, 3.05) is 23.1 Å². The van der Waals surface area contributed by atoms with E-state index in [1.807, 2.05) is 24.3 Å². The third-order valence-electron chi connectivity index (χ3n) is 7.22. The molecule has 0 saturated carbocycles. The molecule has 40 heavy (non-hydrogen) atoms. The third-order valence-corrected chi connectivity index (χ3v) is 9.14. The molecule has 0 radical (unpaired) electrons. The van der Waals surface area contributed by atoms with Gasteiger partial charge in [-0.1, -0.05) is 58.4 Å². The normalized spacial score (nSPS) is 14.5. The lowest BCUT2D eigenvalue weighted by atomic mass is 9.90. The highest BCUT2D eigenvalue weighted by atomic mass is 79.9. The number of carbonyl (C=O) groups excluding carboxylic acids is 1. The first kappa shape index (κ1) is 28.1. The van der Waals surface area contributed by atoms with Crippen molar-refractivity contribution in [3.63, 3.8) is 0 Å². The Morgan fingerprint density at radius 1 is 0.775 bits per heavy atom. The Bertz CT molecular complexity index is 1520. The van der Waals surface area contributed by atoms with Gasteiger partial charge in [0.05, 0.1) is 4.90 Å². The Balaban J connectivity index is 1.11. The zero-order chi connectivity index (χ0) is 28.0. The van der Waals surface area contributed by atoms with Gasteiger partial charge in [0.15, 0.2) is 0 Å². The fraction of sp³-hybridized carbons (Fsp3) is 0.219. The Morgan fingerprint density at radius 2 is 1.40 bits per heavy atom. The summed E-state index contributed by atoms with van der Waals surface area (Å²) < 4.78 is 28.8. The molecule has 0 spiro atoms. The van der Waals surface area contributed by atoms with Gasteiger partial charge in [-0.05, 0) is 110 Å². The average molecular weight is 619 g/mol. The zero-order valence-electron chi connectivity index (χ0n) is 22.1. The summed E-state index contributed by atoms with van der Waals surface area (Å²) in [5.41, 5.74) is 4.15. The van der Waals surface area contributed by atoms with Gasteiger partial charge >= 0.3 is 0 Å². The highest BCUT2D eigenvalue weighted by molar-refractivity contribution is 9.10. The Hall–Kier alpha value is -3.46. The molecule has 0 bridgehead atoms. The van der Waals surface area contributed by atoms with Gasteiger partial charge in [0, 0.05) is 28.0 Å². The molecule has 1 aliphatic heterocycles. The minimum Gasteiger partial charge on any atom is -0.322 e. The molecule has 6 nitrogen and oxygen atoms in total. The second-order valence-electron chi connectivity index (χ2n) is 10.2. The summed E-state index contributed by atoms with van der Waals surface area (Å²) in [6, 6.07) is 31.4. The standard InChI is InChI=1S/C32H32BrN3O3S/c33-28-10-12-30(13-11-28)35-40(38,39)31-16-14-29(15-17-31)34-32(37)27-8-6-26(7-9-27)23-36-20-18-25(19-21-36)22-24-4-2-1-3-5-24/h1-17,25,35H,18-23H2,(H,34,37). The third kappa shape index (κ3) is 7.59. The lowest BCUT2D eigenvalue weighted by Crippen LogP contribution is -2.33. The number of anilines is 2. The number of hydrogen-bond donors (Lipinski definition) is 2. The van der Waals surface area contributed by atoms with Crippen molar-refractivity contribution in [2.45, 2.75) is 30.7 Å². The molecule has 1 fully saturated rings. The second kappa shape index (κ2) is 12.8. The smallest absolute Gasteiger partial charge is 0.261 e. The van der Waals surface area contributed by atoms with Crippen LogP contribution in [0.4, 0.5) is 11.4 Å². The van der Waals surface area contributed by atoms with Gasteiger partial charge in [-0.2, -0.15) is 0 Å². The zero-order valence-corrected chi connectivity index (χ0v) is 24.5. The summed E-state index contributed by atoms with van der Waals surface area (Å²) in [5, 5.41) is 2.85. The molecule has 4 aromatic carbocycles. The van der Waals surface area contributed by atoms with Crippen molar-refractivity contribution >= 4 is 43.2 Å². The molecule has 1 aliphatic rings. The van der Waals surface area contributed by atoms with Crippen LogP contribution in [0.25, 0.3) is 0 Å². The first-order chi connectivity index (χ1) is 19.3. The van der Waals surface area contributed by atoms with E-state index in [0.717, 1.165) is 36.4 Å². The summed E-state index contributed by atoms with van der Waals surface area (Å²) in [5.74, 6) is 0.499. The van der Waals surface area contributed by atoms with Crippen molar-refractivity contribution in [1.29, 1.82) is 0 Å². The summed E-state index contributed by atoms with van der Waals surface area (Å²) in [7, 11) is -3.74. The van der Waals surface area contributed by atoms with Gasteiger partial charge < -0.3 is 5.32 Å². The molecule has 0 aromatic heterocycles. The predicted octanol–water partition coefficient (Wildman–Crippen LogP) is 6.96. The molecular formula is C32H32BrN3O3S. The average Bonchev–Trinajstić information content (AvgIpc) is 2.96. The second-order valence-corrected chi connectivity index (χ2v) is 12.8. The fourth-order valence-electron chi connectivity index (χ4n) is 4.97. The van der Waals surface area contributed by atoms with Gasteiger partial charge in [0.2, 0.25) is 0 Å². The monoisotopic (exact) mass is 617 g/mol. The molecule has 206 valence electrons. The Kier molecular flexibility index (Phi) is 8.99. The van der Waals surface area contributed by atoms with Crippen molar-refractivity contribution < 1.29 is 13.2 Å². The fourth-order valence-corrected chi connectivity index (χ4v) is 6.29. The Labute approximate surface area is 244 Å². The quantitative estimate of drug-likeness (QED) is 0.213. The van der Waals surface area contributed by atoms with Crippen LogP contribution in [0.1, 0.15) is 34.3 Å². The number of carbonyl (C=O) groups is 1. The summed E-state index contributed by atoms with van der Waals surface area (Å²) in [4.78, 5) is 15.4. The molecule has 8 heteroatoms. The number of likely N-dealkylation sites (tertiary alicyclic amines) is 1. The molecule has 2 N–H and O–H groups in total. The number of halogens is 1.